The maximum atomic E-state index is 10.2. The minimum Gasteiger partial charge on any atom is -0.467 e. The second kappa shape index (κ2) is 4.81. The van der Waals surface area contributed by atoms with Gasteiger partial charge in [0.15, 0.2) is 0 Å². The number of thiophene rings is 1. The molecule has 17 heavy (non-hydrogen) atoms. The smallest absolute Gasteiger partial charge is 0.316 e. The van der Waals surface area contributed by atoms with Crippen LogP contribution in [0.3, 0.4) is 0 Å². The molecule has 1 atom stereocenters. The predicted molar refractivity (Wildman–Crippen MR) is 66.4 cm³/mol. The van der Waals surface area contributed by atoms with E-state index in [1.54, 1.807) is 23.7 Å². The largest absolute Gasteiger partial charge is 0.467 e. The molecule has 0 amide bonds. The Balaban J connectivity index is 2.26. The molecule has 90 valence electrons. The van der Waals surface area contributed by atoms with Gasteiger partial charge < -0.3 is 9.84 Å². The topological polar surface area (TPSA) is 55.2 Å². The van der Waals surface area contributed by atoms with E-state index in [9.17, 15) is 5.11 Å². The second-order valence-corrected chi connectivity index (χ2v) is 5.08. The summed E-state index contributed by atoms with van der Waals surface area (Å²) in [6, 6.07) is 2.30. The highest BCUT2D eigenvalue weighted by Crippen LogP contribution is 2.30. The van der Waals surface area contributed by atoms with Crippen LogP contribution < -0.4 is 4.74 Å². The van der Waals surface area contributed by atoms with Crippen LogP contribution >= 0.6 is 11.3 Å². The minimum atomic E-state index is -0.668. The highest BCUT2D eigenvalue weighted by molar-refractivity contribution is 7.12. The fourth-order valence-electron chi connectivity index (χ4n) is 1.47. The summed E-state index contributed by atoms with van der Waals surface area (Å²) in [5, 5.41) is 10.2. The molecule has 2 aromatic heterocycles. The summed E-state index contributed by atoms with van der Waals surface area (Å²) >= 11 is 1.59. The number of aliphatic hydroxyl groups excluding tert-OH is 1. The van der Waals surface area contributed by atoms with Gasteiger partial charge >= 0.3 is 6.01 Å². The standard InChI is InChI=1S/C12H14N2O2S/c1-7-4-10(17-8(7)2)11(15)9-5-13-12(16-3)14-6-9/h4-6,11,15H,1-3H3. The molecule has 0 saturated heterocycles. The molecule has 5 heteroatoms. The molecule has 0 aromatic carbocycles. The first kappa shape index (κ1) is 12.0. The SMILES string of the molecule is COc1ncc(C(O)c2cc(C)c(C)s2)cn1. The maximum absolute atomic E-state index is 10.2. The third kappa shape index (κ3) is 2.45. The molecular weight excluding hydrogens is 236 g/mol. The summed E-state index contributed by atoms with van der Waals surface area (Å²) < 4.78 is 4.88. The Morgan fingerprint density at radius 2 is 1.94 bits per heavy atom. The lowest BCUT2D eigenvalue weighted by Gasteiger charge is -2.07. The average Bonchev–Trinajstić information content (AvgIpc) is 2.69. The average molecular weight is 250 g/mol. The molecule has 0 saturated carbocycles. The van der Waals surface area contributed by atoms with Gasteiger partial charge in [0.05, 0.1) is 7.11 Å². The van der Waals surface area contributed by atoms with Gasteiger partial charge in [-0.1, -0.05) is 0 Å². The van der Waals surface area contributed by atoms with Crippen molar-refractivity contribution >= 4 is 11.3 Å². The summed E-state index contributed by atoms with van der Waals surface area (Å²) in [7, 11) is 1.51. The lowest BCUT2D eigenvalue weighted by atomic mass is 10.1. The van der Waals surface area contributed by atoms with Crippen molar-refractivity contribution in [1.29, 1.82) is 0 Å². The number of methoxy groups -OCH3 is 1. The van der Waals surface area contributed by atoms with E-state index in [1.165, 1.54) is 17.6 Å². The van der Waals surface area contributed by atoms with Crippen LogP contribution in [0.15, 0.2) is 18.5 Å². The van der Waals surface area contributed by atoms with Gasteiger partial charge in [-0.15, -0.1) is 11.3 Å². The van der Waals surface area contributed by atoms with Crippen molar-refractivity contribution in [3.63, 3.8) is 0 Å². The van der Waals surface area contributed by atoms with Crippen LogP contribution in [0.1, 0.15) is 27.0 Å². The summed E-state index contributed by atoms with van der Waals surface area (Å²) in [6.45, 7) is 4.08. The molecule has 2 rings (SSSR count). The van der Waals surface area contributed by atoms with E-state index >= 15 is 0 Å². The first-order valence-electron chi connectivity index (χ1n) is 5.22. The van der Waals surface area contributed by atoms with E-state index in [2.05, 4.69) is 9.97 Å². The number of rotatable bonds is 3. The van der Waals surface area contributed by atoms with Crippen LogP contribution in [0.25, 0.3) is 0 Å². The zero-order valence-corrected chi connectivity index (χ0v) is 10.8. The number of hydrogen-bond donors (Lipinski definition) is 1. The molecule has 0 aliphatic carbocycles. The van der Waals surface area contributed by atoms with Crippen molar-refractivity contribution in [3.05, 3.63) is 39.3 Å². The second-order valence-electron chi connectivity index (χ2n) is 3.79. The molecule has 2 aromatic rings. The van der Waals surface area contributed by atoms with Crippen molar-refractivity contribution in [2.45, 2.75) is 20.0 Å². The van der Waals surface area contributed by atoms with Gasteiger partial charge in [0, 0.05) is 27.7 Å². The van der Waals surface area contributed by atoms with Crippen molar-refractivity contribution in [2.24, 2.45) is 0 Å². The molecule has 0 radical (unpaired) electrons. The maximum Gasteiger partial charge on any atom is 0.316 e. The van der Waals surface area contributed by atoms with Crippen molar-refractivity contribution in [2.75, 3.05) is 7.11 Å². The molecule has 0 fully saturated rings. The Hall–Kier alpha value is -1.46. The van der Waals surface area contributed by atoms with Crippen molar-refractivity contribution in [3.8, 4) is 6.01 Å². The van der Waals surface area contributed by atoms with E-state index < -0.39 is 6.10 Å². The molecule has 1 N–H and O–H groups in total. The van der Waals surface area contributed by atoms with Gasteiger partial charge in [0.25, 0.3) is 0 Å². The van der Waals surface area contributed by atoms with Crippen LogP contribution in [0.4, 0.5) is 0 Å². The highest BCUT2D eigenvalue weighted by atomic mass is 32.1. The number of aliphatic hydroxyl groups is 1. The lowest BCUT2D eigenvalue weighted by Crippen LogP contribution is -2.00. The number of hydrogen-bond acceptors (Lipinski definition) is 5. The summed E-state index contributed by atoms with van der Waals surface area (Å²) in [4.78, 5) is 10.1. The Labute approximate surface area is 104 Å². The van der Waals surface area contributed by atoms with Gasteiger partial charge in [-0.05, 0) is 25.5 Å². The van der Waals surface area contributed by atoms with Gasteiger partial charge in [-0.25, -0.2) is 9.97 Å². The monoisotopic (exact) mass is 250 g/mol. The van der Waals surface area contributed by atoms with E-state index in [0.717, 1.165) is 4.88 Å². The molecule has 2 heterocycles. The van der Waals surface area contributed by atoms with Crippen LogP contribution in [-0.4, -0.2) is 22.2 Å². The fraction of sp³-hybridized carbons (Fsp3) is 0.333. The Morgan fingerprint density at radius 3 is 2.41 bits per heavy atom. The molecule has 0 bridgehead atoms. The summed E-state index contributed by atoms with van der Waals surface area (Å²) in [5.74, 6) is 0. The fourth-order valence-corrected chi connectivity index (χ4v) is 2.53. The number of nitrogens with zero attached hydrogens (tertiary/aromatic N) is 2. The van der Waals surface area contributed by atoms with Gasteiger partial charge in [0.1, 0.15) is 6.10 Å². The van der Waals surface area contributed by atoms with E-state index in [1.807, 2.05) is 19.9 Å². The molecular formula is C12H14N2O2S. The zero-order valence-electron chi connectivity index (χ0n) is 9.97. The molecule has 1 unspecified atom stereocenters. The first-order chi connectivity index (χ1) is 8.11. The number of ether oxygens (including phenoxy) is 1. The van der Waals surface area contributed by atoms with Crippen LogP contribution in [0.5, 0.6) is 6.01 Å². The zero-order chi connectivity index (χ0) is 12.4. The van der Waals surface area contributed by atoms with Gasteiger partial charge in [-0.3, -0.25) is 0 Å². The van der Waals surface area contributed by atoms with Crippen LogP contribution in [0.2, 0.25) is 0 Å². The van der Waals surface area contributed by atoms with Gasteiger partial charge in [-0.2, -0.15) is 0 Å². The molecule has 0 spiro atoms. The highest BCUT2D eigenvalue weighted by Gasteiger charge is 2.15. The third-order valence-corrected chi connectivity index (χ3v) is 3.81. The number of aryl methyl sites for hydroxylation is 2. The molecule has 4 nitrogen and oxygen atoms in total. The van der Waals surface area contributed by atoms with Crippen molar-refractivity contribution in [1.82, 2.24) is 9.97 Å². The normalized spacial score (nSPS) is 12.5. The van der Waals surface area contributed by atoms with E-state index in [0.29, 0.717) is 11.6 Å². The van der Waals surface area contributed by atoms with E-state index in [-0.39, 0.29) is 0 Å². The quantitative estimate of drug-likeness (QED) is 0.907. The Kier molecular flexibility index (Phi) is 3.40. The minimum absolute atomic E-state index is 0.305. The summed E-state index contributed by atoms with van der Waals surface area (Å²) in [6.07, 6.45) is 2.50. The van der Waals surface area contributed by atoms with Gasteiger partial charge in [0.2, 0.25) is 0 Å². The predicted octanol–water partition coefficient (Wildman–Crippen LogP) is 2.25. The lowest BCUT2D eigenvalue weighted by molar-refractivity contribution is 0.222. The van der Waals surface area contributed by atoms with E-state index in [4.69, 9.17) is 4.74 Å². The summed E-state index contributed by atoms with van der Waals surface area (Å²) in [5.41, 5.74) is 1.87. The first-order valence-corrected chi connectivity index (χ1v) is 6.04. The third-order valence-electron chi connectivity index (χ3n) is 2.60. The Morgan fingerprint density at radius 1 is 1.29 bits per heavy atom. The Bertz CT molecular complexity index is 488. The molecule has 0 aliphatic rings. The molecule has 0 aliphatic heterocycles. The van der Waals surface area contributed by atoms with Crippen LogP contribution in [0, 0.1) is 13.8 Å². The number of aromatic nitrogens is 2. The van der Waals surface area contributed by atoms with Crippen molar-refractivity contribution < 1.29 is 9.84 Å². The van der Waals surface area contributed by atoms with Crippen LogP contribution in [-0.2, 0) is 0 Å².